The average molecular weight is 420 g/mol. The van der Waals surface area contributed by atoms with Crippen molar-refractivity contribution in [2.24, 2.45) is 0 Å². The molecule has 10 heteroatoms. The van der Waals surface area contributed by atoms with Crippen molar-refractivity contribution >= 4 is 27.0 Å². The van der Waals surface area contributed by atoms with E-state index in [9.17, 15) is 13.2 Å². The Labute approximate surface area is 169 Å². The van der Waals surface area contributed by atoms with E-state index in [-0.39, 0.29) is 12.0 Å². The number of aromatic nitrogens is 2. The summed E-state index contributed by atoms with van der Waals surface area (Å²) in [5.74, 6) is 0.851. The quantitative estimate of drug-likeness (QED) is 0.804. The minimum Gasteiger partial charge on any atom is -0.489 e. The molecule has 0 radical (unpaired) electrons. The van der Waals surface area contributed by atoms with Gasteiger partial charge in [0.15, 0.2) is 0 Å². The van der Waals surface area contributed by atoms with Gasteiger partial charge in [-0.1, -0.05) is 0 Å². The molecule has 3 heterocycles. The molecule has 0 saturated carbocycles. The molecule has 4 rings (SSSR count). The molecule has 1 atom stereocenters. The first-order chi connectivity index (χ1) is 13.8. The van der Waals surface area contributed by atoms with Crippen molar-refractivity contribution in [1.82, 2.24) is 19.2 Å². The molecule has 0 aliphatic carbocycles. The lowest BCUT2D eigenvalue weighted by Crippen LogP contribution is -2.37. The predicted molar refractivity (Wildman–Crippen MR) is 107 cm³/mol. The highest BCUT2D eigenvalue weighted by Gasteiger charge is 2.30. The van der Waals surface area contributed by atoms with Crippen molar-refractivity contribution in [1.29, 1.82) is 0 Å². The SMILES string of the molecule is CS(=O)(=O)N1CC[C@@H](Oc2ccc3c(C4CCN(C(=O)O)CC4)ncnc3c2)C1. The van der Waals surface area contributed by atoms with Crippen molar-refractivity contribution in [3.63, 3.8) is 0 Å². The Morgan fingerprint density at radius 2 is 1.93 bits per heavy atom. The molecule has 2 aromatic rings. The molecule has 9 nitrogen and oxygen atoms in total. The van der Waals surface area contributed by atoms with E-state index in [4.69, 9.17) is 9.84 Å². The van der Waals surface area contributed by atoms with Crippen LogP contribution in [0.4, 0.5) is 4.79 Å². The molecule has 0 spiro atoms. The zero-order valence-corrected chi connectivity index (χ0v) is 17.0. The number of piperidine rings is 1. The summed E-state index contributed by atoms with van der Waals surface area (Å²) in [7, 11) is -3.20. The number of carbonyl (C=O) groups is 1. The number of nitrogens with zero attached hydrogens (tertiary/aromatic N) is 4. The van der Waals surface area contributed by atoms with Gasteiger partial charge in [0.1, 0.15) is 18.2 Å². The zero-order chi connectivity index (χ0) is 20.6. The molecule has 156 valence electrons. The first-order valence-electron chi connectivity index (χ1n) is 9.65. The molecule has 1 aromatic carbocycles. The largest absolute Gasteiger partial charge is 0.489 e. The van der Waals surface area contributed by atoms with Crippen LogP contribution in [-0.2, 0) is 10.0 Å². The van der Waals surface area contributed by atoms with Gasteiger partial charge >= 0.3 is 6.09 Å². The highest BCUT2D eigenvalue weighted by Crippen LogP contribution is 2.32. The second-order valence-corrected chi connectivity index (χ2v) is 9.61. The normalized spacial score (nSPS) is 21.6. The fourth-order valence-electron chi connectivity index (χ4n) is 4.09. The molecule has 2 aliphatic heterocycles. The summed E-state index contributed by atoms with van der Waals surface area (Å²) in [5.41, 5.74) is 1.71. The number of rotatable bonds is 4. The molecule has 1 aromatic heterocycles. The van der Waals surface area contributed by atoms with Gasteiger partial charge in [-0.3, -0.25) is 0 Å². The summed E-state index contributed by atoms with van der Waals surface area (Å²) in [5, 5.41) is 10.1. The van der Waals surface area contributed by atoms with Crippen LogP contribution in [0.2, 0.25) is 0 Å². The number of ether oxygens (including phenoxy) is 1. The van der Waals surface area contributed by atoms with Gasteiger partial charge < -0.3 is 14.7 Å². The summed E-state index contributed by atoms with van der Waals surface area (Å²) in [6.07, 6.45) is 3.82. The van der Waals surface area contributed by atoms with Crippen LogP contribution in [0, 0.1) is 0 Å². The van der Waals surface area contributed by atoms with Crippen LogP contribution in [0.3, 0.4) is 0 Å². The molecule has 29 heavy (non-hydrogen) atoms. The molecule has 0 bridgehead atoms. The number of carboxylic acid groups (broad SMARTS) is 1. The van der Waals surface area contributed by atoms with Gasteiger partial charge in [0.25, 0.3) is 0 Å². The lowest BCUT2D eigenvalue weighted by Gasteiger charge is -2.30. The molecule has 2 aliphatic rings. The standard InChI is InChI=1S/C19H24N4O5S/c1-29(26,27)23-9-6-15(11-23)28-14-2-3-16-17(10-14)20-12-21-18(16)13-4-7-22(8-5-13)19(24)25/h2-3,10,12-13,15H,4-9,11H2,1H3,(H,24,25)/t15-/m1/s1. The van der Waals surface area contributed by atoms with Gasteiger partial charge in [-0.05, 0) is 31.4 Å². The van der Waals surface area contributed by atoms with E-state index >= 15 is 0 Å². The number of likely N-dealkylation sites (tertiary alicyclic amines) is 1. The highest BCUT2D eigenvalue weighted by molar-refractivity contribution is 7.88. The van der Waals surface area contributed by atoms with E-state index in [0.717, 1.165) is 29.4 Å². The zero-order valence-electron chi connectivity index (χ0n) is 16.2. The van der Waals surface area contributed by atoms with Crippen LogP contribution in [0.1, 0.15) is 30.9 Å². The van der Waals surface area contributed by atoms with E-state index < -0.39 is 16.1 Å². The number of sulfonamides is 1. The predicted octanol–water partition coefficient (Wildman–Crippen LogP) is 1.90. The van der Waals surface area contributed by atoms with Crippen molar-refractivity contribution in [2.45, 2.75) is 31.3 Å². The smallest absolute Gasteiger partial charge is 0.407 e. The van der Waals surface area contributed by atoms with Gasteiger partial charge in [0, 0.05) is 37.0 Å². The molecule has 1 N–H and O–H groups in total. The van der Waals surface area contributed by atoms with E-state index in [1.807, 2.05) is 18.2 Å². The Morgan fingerprint density at radius 1 is 1.17 bits per heavy atom. The summed E-state index contributed by atoms with van der Waals surface area (Å²) in [6, 6.07) is 5.66. The lowest BCUT2D eigenvalue weighted by molar-refractivity contribution is 0.132. The lowest BCUT2D eigenvalue weighted by atomic mass is 9.91. The van der Waals surface area contributed by atoms with Gasteiger partial charge in [0.2, 0.25) is 10.0 Å². The minimum absolute atomic E-state index is 0.177. The third-order valence-corrected chi connectivity index (χ3v) is 6.94. The van der Waals surface area contributed by atoms with Crippen molar-refractivity contribution in [3.05, 3.63) is 30.2 Å². The van der Waals surface area contributed by atoms with E-state index in [1.165, 1.54) is 21.8 Å². The topological polar surface area (TPSA) is 113 Å². The van der Waals surface area contributed by atoms with Gasteiger partial charge in [-0.25, -0.2) is 23.2 Å². The second-order valence-electron chi connectivity index (χ2n) is 7.63. The summed E-state index contributed by atoms with van der Waals surface area (Å²) < 4.78 is 30.8. The first kappa shape index (κ1) is 19.8. The Hall–Kier alpha value is -2.46. The summed E-state index contributed by atoms with van der Waals surface area (Å²) >= 11 is 0. The molecular weight excluding hydrogens is 396 g/mol. The number of amides is 1. The fraction of sp³-hybridized carbons (Fsp3) is 0.526. The summed E-state index contributed by atoms with van der Waals surface area (Å²) in [6.45, 7) is 1.84. The van der Waals surface area contributed by atoms with Crippen LogP contribution < -0.4 is 4.74 Å². The van der Waals surface area contributed by atoms with E-state index in [1.54, 1.807) is 0 Å². The third-order valence-electron chi connectivity index (χ3n) is 5.67. The Balaban J connectivity index is 1.49. The Kier molecular flexibility index (Phi) is 5.30. The van der Waals surface area contributed by atoms with Gasteiger partial charge in [0.05, 0.1) is 24.0 Å². The van der Waals surface area contributed by atoms with Crippen molar-refractivity contribution in [3.8, 4) is 5.75 Å². The number of hydrogen-bond acceptors (Lipinski definition) is 6. The number of fused-ring (bicyclic) bond motifs is 1. The third kappa shape index (κ3) is 4.27. The molecule has 0 unspecified atom stereocenters. The van der Waals surface area contributed by atoms with Crippen molar-refractivity contribution in [2.75, 3.05) is 32.4 Å². The van der Waals surface area contributed by atoms with Crippen LogP contribution >= 0.6 is 0 Å². The van der Waals surface area contributed by atoms with Crippen LogP contribution in [0.15, 0.2) is 24.5 Å². The van der Waals surface area contributed by atoms with Gasteiger partial charge in [-0.15, -0.1) is 0 Å². The Bertz CT molecular complexity index is 1020. The van der Waals surface area contributed by atoms with E-state index in [2.05, 4.69) is 9.97 Å². The monoisotopic (exact) mass is 420 g/mol. The second kappa shape index (κ2) is 7.75. The maximum absolute atomic E-state index is 11.7. The molecule has 1 amide bonds. The highest BCUT2D eigenvalue weighted by atomic mass is 32.2. The fourth-order valence-corrected chi connectivity index (χ4v) is 4.96. The maximum Gasteiger partial charge on any atom is 0.407 e. The molecule has 2 fully saturated rings. The van der Waals surface area contributed by atoms with Crippen molar-refractivity contribution < 1.29 is 23.1 Å². The number of benzene rings is 1. The van der Waals surface area contributed by atoms with Gasteiger partial charge in [-0.2, -0.15) is 4.31 Å². The number of hydrogen-bond donors (Lipinski definition) is 1. The summed E-state index contributed by atoms with van der Waals surface area (Å²) in [4.78, 5) is 21.4. The van der Waals surface area contributed by atoms with Crippen LogP contribution in [-0.4, -0.2) is 77.3 Å². The minimum atomic E-state index is -3.20. The molecule has 2 saturated heterocycles. The van der Waals surface area contributed by atoms with Crippen LogP contribution in [0.5, 0.6) is 5.75 Å². The van der Waals surface area contributed by atoms with Crippen LogP contribution in [0.25, 0.3) is 10.9 Å². The first-order valence-corrected chi connectivity index (χ1v) is 11.5. The van der Waals surface area contributed by atoms with E-state index in [0.29, 0.717) is 38.3 Å². The Morgan fingerprint density at radius 3 is 2.59 bits per heavy atom. The maximum atomic E-state index is 11.7. The molecular formula is C19H24N4O5S. The average Bonchev–Trinajstić information content (AvgIpc) is 3.16.